The molecule has 25 heavy (non-hydrogen) atoms. The van der Waals surface area contributed by atoms with Crippen LogP contribution in [0.25, 0.3) is 0 Å². The number of carbonyl (C=O) groups is 1. The topological polar surface area (TPSA) is 76.1 Å². The Morgan fingerprint density at radius 1 is 1.04 bits per heavy atom. The van der Waals surface area contributed by atoms with Crippen molar-refractivity contribution in [2.75, 3.05) is 17.7 Å². The summed E-state index contributed by atoms with van der Waals surface area (Å²) < 4.78 is 18.4. The molecular weight excluding hydrogens is 323 g/mol. The maximum absolute atomic E-state index is 13.2. The third-order valence-corrected chi connectivity index (χ3v) is 3.35. The number of nitrogens with zero attached hydrogens (tertiary/aromatic N) is 2. The van der Waals surface area contributed by atoms with Crippen LogP contribution < -0.4 is 15.4 Å². The zero-order valence-corrected chi connectivity index (χ0v) is 13.4. The maximum Gasteiger partial charge on any atom is 0.276 e. The van der Waals surface area contributed by atoms with Crippen molar-refractivity contribution in [2.24, 2.45) is 0 Å². The third kappa shape index (κ3) is 4.08. The molecule has 1 heterocycles. The summed E-state index contributed by atoms with van der Waals surface area (Å²) in [4.78, 5) is 12.3. The van der Waals surface area contributed by atoms with Gasteiger partial charge in [-0.2, -0.15) is 0 Å². The van der Waals surface area contributed by atoms with Crippen LogP contribution in [0.2, 0.25) is 0 Å². The van der Waals surface area contributed by atoms with Crippen LogP contribution in [0, 0.1) is 5.82 Å². The molecule has 3 aromatic rings. The Kier molecular flexibility index (Phi) is 4.84. The van der Waals surface area contributed by atoms with Crippen LogP contribution >= 0.6 is 0 Å². The Morgan fingerprint density at radius 3 is 2.60 bits per heavy atom. The van der Waals surface area contributed by atoms with Crippen LogP contribution in [0.1, 0.15) is 10.5 Å². The van der Waals surface area contributed by atoms with Gasteiger partial charge < -0.3 is 15.4 Å². The molecule has 0 saturated carbocycles. The molecule has 0 aliphatic heterocycles. The molecule has 2 N–H and O–H groups in total. The number of halogens is 1. The average molecular weight is 338 g/mol. The molecule has 0 aliphatic carbocycles. The van der Waals surface area contributed by atoms with E-state index in [2.05, 4.69) is 20.8 Å². The predicted molar refractivity (Wildman–Crippen MR) is 92.7 cm³/mol. The molecule has 6 nitrogen and oxygen atoms in total. The number of amides is 1. The van der Waals surface area contributed by atoms with Gasteiger partial charge in [0, 0.05) is 5.69 Å². The molecular formula is C18H15FN4O2. The Morgan fingerprint density at radius 2 is 1.88 bits per heavy atom. The second kappa shape index (κ2) is 7.39. The summed E-state index contributed by atoms with van der Waals surface area (Å²) in [5, 5.41) is 13.5. The quantitative estimate of drug-likeness (QED) is 0.743. The lowest BCUT2D eigenvalue weighted by molar-refractivity contribution is 0.102. The molecule has 0 saturated heterocycles. The summed E-state index contributed by atoms with van der Waals surface area (Å²) in [6, 6.07) is 16.2. The van der Waals surface area contributed by atoms with E-state index in [1.54, 1.807) is 42.5 Å². The maximum atomic E-state index is 13.2. The Hall–Kier alpha value is -3.48. The molecule has 0 fully saturated rings. The summed E-state index contributed by atoms with van der Waals surface area (Å²) in [6.07, 6.45) is 0. The number of nitrogens with one attached hydrogen (secondary N) is 2. The van der Waals surface area contributed by atoms with Crippen LogP contribution in [-0.2, 0) is 0 Å². The first-order valence-corrected chi connectivity index (χ1v) is 7.46. The Bertz CT molecular complexity index is 884. The van der Waals surface area contributed by atoms with Crippen molar-refractivity contribution in [1.29, 1.82) is 0 Å². The number of ether oxygens (including phenoxy) is 1. The van der Waals surface area contributed by atoms with Crippen molar-refractivity contribution in [1.82, 2.24) is 10.2 Å². The SMILES string of the molecule is COc1ccccc1NC(=O)c1ccc(Nc2cccc(F)c2)nn1. The minimum Gasteiger partial charge on any atom is -0.495 e. The van der Waals surface area contributed by atoms with Gasteiger partial charge in [0.2, 0.25) is 0 Å². The van der Waals surface area contributed by atoms with Crippen LogP contribution in [0.4, 0.5) is 21.6 Å². The van der Waals surface area contributed by atoms with Crippen LogP contribution in [-0.4, -0.2) is 23.2 Å². The molecule has 1 aromatic heterocycles. The van der Waals surface area contributed by atoms with Gasteiger partial charge in [0.1, 0.15) is 11.6 Å². The molecule has 0 spiro atoms. The molecule has 0 aliphatic rings. The van der Waals surface area contributed by atoms with Gasteiger partial charge in [0.05, 0.1) is 12.8 Å². The minimum atomic E-state index is -0.408. The van der Waals surface area contributed by atoms with E-state index >= 15 is 0 Å². The minimum absolute atomic E-state index is 0.149. The zero-order valence-electron chi connectivity index (χ0n) is 13.4. The molecule has 0 bridgehead atoms. The van der Waals surface area contributed by atoms with E-state index in [4.69, 9.17) is 4.74 Å². The van der Waals surface area contributed by atoms with Gasteiger partial charge in [-0.25, -0.2) is 4.39 Å². The first-order valence-electron chi connectivity index (χ1n) is 7.46. The summed E-state index contributed by atoms with van der Waals surface area (Å²) in [5.41, 5.74) is 1.23. The number of carbonyl (C=O) groups excluding carboxylic acids is 1. The van der Waals surface area contributed by atoms with Crippen molar-refractivity contribution < 1.29 is 13.9 Å². The number of hydrogen-bond acceptors (Lipinski definition) is 5. The van der Waals surface area contributed by atoms with E-state index in [0.29, 0.717) is 22.9 Å². The smallest absolute Gasteiger partial charge is 0.276 e. The fourth-order valence-electron chi connectivity index (χ4n) is 2.17. The monoisotopic (exact) mass is 338 g/mol. The summed E-state index contributed by atoms with van der Waals surface area (Å²) in [5.74, 6) is 0.188. The zero-order chi connectivity index (χ0) is 17.6. The van der Waals surface area contributed by atoms with E-state index in [0.717, 1.165) is 0 Å². The Balaban J connectivity index is 1.70. The van der Waals surface area contributed by atoms with Crippen molar-refractivity contribution >= 4 is 23.1 Å². The van der Waals surface area contributed by atoms with Gasteiger partial charge >= 0.3 is 0 Å². The average Bonchev–Trinajstić information content (AvgIpc) is 2.63. The van der Waals surface area contributed by atoms with Gasteiger partial charge in [0.25, 0.3) is 5.91 Å². The number of anilines is 3. The number of aromatic nitrogens is 2. The highest BCUT2D eigenvalue weighted by Gasteiger charge is 2.11. The third-order valence-electron chi connectivity index (χ3n) is 3.35. The standard InChI is InChI=1S/C18H15FN4O2/c1-25-16-8-3-2-7-14(16)21-18(24)15-9-10-17(23-22-15)20-13-6-4-5-12(19)11-13/h2-11H,1H3,(H,20,23)(H,21,24). The van der Waals surface area contributed by atoms with Crippen LogP contribution in [0.15, 0.2) is 60.7 Å². The second-order valence-corrected chi connectivity index (χ2v) is 5.09. The fraction of sp³-hybridized carbons (Fsp3) is 0.0556. The van der Waals surface area contributed by atoms with Gasteiger partial charge in [-0.1, -0.05) is 18.2 Å². The molecule has 1 amide bonds. The van der Waals surface area contributed by atoms with E-state index in [1.165, 1.54) is 25.3 Å². The van der Waals surface area contributed by atoms with E-state index in [9.17, 15) is 9.18 Å². The highest BCUT2D eigenvalue weighted by atomic mass is 19.1. The van der Waals surface area contributed by atoms with Crippen molar-refractivity contribution in [3.8, 4) is 5.75 Å². The Labute approximate surface area is 143 Å². The van der Waals surface area contributed by atoms with Crippen molar-refractivity contribution in [3.63, 3.8) is 0 Å². The fourth-order valence-corrected chi connectivity index (χ4v) is 2.17. The second-order valence-electron chi connectivity index (χ2n) is 5.09. The normalized spacial score (nSPS) is 10.2. The highest BCUT2D eigenvalue weighted by molar-refractivity contribution is 6.03. The van der Waals surface area contributed by atoms with Gasteiger partial charge in [-0.05, 0) is 42.5 Å². The van der Waals surface area contributed by atoms with Crippen molar-refractivity contribution in [2.45, 2.75) is 0 Å². The molecule has 0 unspecified atom stereocenters. The highest BCUT2D eigenvalue weighted by Crippen LogP contribution is 2.23. The lowest BCUT2D eigenvalue weighted by Gasteiger charge is -2.09. The molecule has 7 heteroatoms. The molecule has 126 valence electrons. The number of rotatable bonds is 5. The number of benzene rings is 2. The lowest BCUT2D eigenvalue weighted by atomic mass is 10.2. The van der Waals surface area contributed by atoms with Gasteiger partial charge in [-0.15, -0.1) is 10.2 Å². The molecule has 0 atom stereocenters. The largest absolute Gasteiger partial charge is 0.495 e. The van der Waals surface area contributed by atoms with E-state index in [1.807, 2.05) is 0 Å². The van der Waals surface area contributed by atoms with Crippen LogP contribution in [0.5, 0.6) is 5.75 Å². The van der Waals surface area contributed by atoms with Gasteiger partial charge in [-0.3, -0.25) is 4.79 Å². The summed E-state index contributed by atoms with van der Waals surface area (Å²) >= 11 is 0. The summed E-state index contributed by atoms with van der Waals surface area (Å²) in [6.45, 7) is 0. The molecule has 2 aromatic carbocycles. The first kappa shape index (κ1) is 16.4. The van der Waals surface area contributed by atoms with Crippen molar-refractivity contribution in [3.05, 3.63) is 72.2 Å². The van der Waals surface area contributed by atoms with Crippen LogP contribution in [0.3, 0.4) is 0 Å². The first-order chi connectivity index (χ1) is 12.2. The molecule has 3 rings (SSSR count). The predicted octanol–water partition coefficient (Wildman–Crippen LogP) is 3.62. The summed E-state index contributed by atoms with van der Waals surface area (Å²) in [7, 11) is 1.53. The number of hydrogen-bond donors (Lipinski definition) is 2. The van der Waals surface area contributed by atoms with Gasteiger partial charge in [0.15, 0.2) is 11.5 Å². The lowest BCUT2D eigenvalue weighted by Crippen LogP contribution is -2.15. The molecule has 0 radical (unpaired) electrons. The number of para-hydroxylation sites is 2. The van der Waals surface area contributed by atoms with E-state index < -0.39 is 5.91 Å². The van der Waals surface area contributed by atoms with E-state index in [-0.39, 0.29) is 11.5 Å². The number of methoxy groups -OCH3 is 1.